The number of imidazole rings is 1. The van der Waals surface area contributed by atoms with Crippen LogP contribution < -0.4 is 4.90 Å². The second-order valence-electron chi connectivity index (χ2n) is 3.81. The number of aromatic amines is 1. The highest BCUT2D eigenvalue weighted by Gasteiger charge is 2.20. The number of nitrogens with zero attached hydrogens (tertiary/aromatic N) is 4. The SMILES string of the molecule is COC(=O)CN(CC(=O)OC)c1ncnc2nc[nH]c12. The van der Waals surface area contributed by atoms with Gasteiger partial charge in [-0.3, -0.25) is 9.59 Å². The number of ether oxygens (including phenoxy) is 2. The molecule has 0 aliphatic rings. The smallest absolute Gasteiger partial charge is 0.325 e. The highest BCUT2D eigenvalue weighted by atomic mass is 16.5. The Balaban J connectivity index is 2.36. The maximum atomic E-state index is 11.5. The summed E-state index contributed by atoms with van der Waals surface area (Å²) in [5.74, 6) is -0.622. The van der Waals surface area contributed by atoms with E-state index in [9.17, 15) is 9.59 Å². The van der Waals surface area contributed by atoms with Crippen LogP contribution in [0, 0.1) is 0 Å². The van der Waals surface area contributed by atoms with Crippen LogP contribution in [0.5, 0.6) is 0 Å². The van der Waals surface area contributed by atoms with Crippen molar-refractivity contribution >= 4 is 28.9 Å². The van der Waals surface area contributed by atoms with Crippen molar-refractivity contribution in [3.05, 3.63) is 12.7 Å². The summed E-state index contributed by atoms with van der Waals surface area (Å²) in [4.78, 5) is 39.3. The molecule has 2 aromatic rings. The summed E-state index contributed by atoms with van der Waals surface area (Å²) in [6.45, 7) is -0.284. The first-order valence-corrected chi connectivity index (χ1v) is 5.68. The summed E-state index contributed by atoms with van der Waals surface area (Å²) in [5.41, 5.74) is 0.968. The molecule has 0 saturated carbocycles. The minimum absolute atomic E-state index is 0.142. The van der Waals surface area contributed by atoms with Crippen molar-refractivity contribution in [1.82, 2.24) is 19.9 Å². The lowest BCUT2D eigenvalue weighted by Crippen LogP contribution is -2.36. The van der Waals surface area contributed by atoms with Gasteiger partial charge in [-0.15, -0.1) is 0 Å². The summed E-state index contributed by atoms with van der Waals surface area (Å²) in [6.07, 6.45) is 2.76. The van der Waals surface area contributed by atoms with Crippen molar-refractivity contribution in [1.29, 1.82) is 0 Å². The van der Waals surface area contributed by atoms with Crippen LogP contribution in [0.25, 0.3) is 11.2 Å². The molecule has 2 aromatic heterocycles. The first-order valence-electron chi connectivity index (χ1n) is 5.68. The lowest BCUT2D eigenvalue weighted by molar-refractivity contribution is -0.140. The molecule has 0 radical (unpaired) electrons. The van der Waals surface area contributed by atoms with Crippen LogP contribution in [0.2, 0.25) is 0 Å². The van der Waals surface area contributed by atoms with Gasteiger partial charge in [0.25, 0.3) is 0 Å². The monoisotopic (exact) mass is 279 g/mol. The minimum atomic E-state index is -0.500. The van der Waals surface area contributed by atoms with Crippen LogP contribution in [0.15, 0.2) is 12.7 Å². The lowest BCUT2D eigenvalue weighted by atomic mass is 10.4. The molecule has 2 rings (SSSR count). The molecular weight excluding hydrogens is 266 g/mol. The Morgan fingerprint density at radius 1 is 1.15 bits per heavy atom. The number of carbonyl (C=O) groups excluding carboxylic acids is 2. The summed E-state index contributed by atoms with van der Waals surface area (Å²) in [5, 5.41) is 0. The van der Waals surface area contributed by atoms with E-state index in [4.69, 9.17) is 0 Å². The van der Waals surface area contributed by atoms with Crippen molar-refractivity contribution in [3.8, 4) is 0 Å². The maximum absolute atomic E-state index is 11.5. The van der Waals surface area contributed by atoms with Gasteiger partial charge >= 0.3 is 11.9 Å². The van der Waals surface area contributed by atoms with Crippen LogP contribution in [0.1, 0.15) is 0 Å². The van der Waals surface area contributed by atoms with Gasteiger partial charge in [0.1, 0.15) is 24.9 Å². The number of hydrogen-bond acceptors (Lipinski definition) is 8. The molecule has 0 fully saturated rings. The summed E-state index contributed by atoms with van der Waals surface area (Å²) >= 11 is 0. The van der Waals surface area contributed by atoms with E-state index in [0.717, 1.165) is 0 Å². The highest BCUT2D eigenvalue weighted by Crippen LogP contribution is 2.19. The van der Waals surface area contributed by atoms with Crippen LogP contribution in [-0.2, 0) is 19.1 Å². The van der Waals surface area contributed by atoms with Gasteiger partial charge in [0.2, 0.25) is 0 Å². The third-order valence-electron chi connectivity index (χ3n) is 2.60. The lowest BCUT2D eigenvalue weighted by Gasteiger charge is -2.20. The van der Waals surface area contributed by atoms with Gasteiger partial charge in [0.05, 0.1) is 20.5 Å². The zero-order valence-corrected chi connectivity index (χ0v) is 11.0. The van der Waals surface area contributed by atoms with Gasteiger partial charge in [-0.1, -0.05) is 0 Å². The molecule has 0 unspecified atom stereocenters. The van der Waals surface area contributed by atoms with E-state index in [1.807, 2.05) is 0 Å². The van der Waals surface area contributed by atoms with Gasteiger partial charge in [-0.2, -0.15) is 0 Å². The molecule has 0 aromatic carbocycles. The number of fused-ring (bicyclic) bond motifs is 1. The molecule has 9 heteroatoms. The van der Waals surface area contributed by atoms with Gasteiger partial charge in [-0.25, -0.2) is 15.0 Å². The largest absolute Gasteiger partial charge is 0.468 e. The fourth-order valence-electron chi connectivity index (χ4n) is 1.64. The topological polar surface area (TPSA) is 110 Å². The zero-order chi connectivity index (χ0) is 14.5. The molecule has 20 heavy (non-hydrogen) atoms. The number of methoxy groups -OCH3 is 2. The second-order valence-corrected chi connectivity index (χ2v) is 3.81. The molecule has 0 spiro atoms. The van der Waals surface area contributed by atoms with Crippen molar-refractivity contribution in [3.63, 3.8) is 0 Å². The van der Waals surface area contributed by atoms with Crippen LogP contribution >= 0.6 is 0 Å². The maximum Gasteiger partial charge on any atom is 0.325 e. The number of anilines is 1. The Bertz CT molecular complexity index is 608. The van der Waals surface area contributed by atoms with Gasteiger partial charge in [0.15, 0.2) is 11.5 Å². The summed E-state index contributed by atoms with van der Waals surface area (Å²) in [7, 11) is 2.54. The van der Waals surface area contributed by atoms with Crippen molar-refractivity contribution in [2.24, 2.45) is 0 Å². The number of H-pyrrole nitrogens is 1. The molecule has 106 valence electrons. The Labute approximate surface area is 113 Å². The molecule has 9 nitrogen and oxygen atoms in total. The summed E-state index contributed by atoms with van der Waals surface area (Å²) < 4.78 is 9.22. The van der Waals surface area contributed by atoms with Gasteiger partial charge < -0.3 is 19.4 Å². The first kappa shape index (κ1) is 13.7. The molecule has 2 heterocycles. The second kappa shape index (κ2) is 5.95. The van der Waals surface area contributed by atoms with Gasteiger partial charge in [-0.05, 0) is 0 Å². The van der Waals surface area contributed by atoms with Crippen molar-refractivity contribution < 1.29 is 19.1 Å². The number of carbonyl (C=O) groups is 2. The Morgan fingerprint density at radius 3 is 2.40 bits per heavy atom. The first-order chi connectivity index (χ1) is 9.65. The molecular formula is C11H13N5O4. The molecule has 0 bridgehead atoms. The number of nitrogens with one attached hydrogen (secondary N) is 1. The average molecular weight is 279 g/mol. The predicted molar refractivity (Wildman–Crippen MR) is 67.9 cm³/mol. The van der Waals surface area contributed by atoms with E-state index in [2.05, 4.69) is 29.4 Å². The molecule has 0 saturated heterocycles. The third kappa shape index (κ3) is 2.82. The number of esters is 2. The Kier molecular flexibility index (Phi) is 4.08. The summed E-state index contributed by atoms with van der Waals surface area (Å²) in [6, 6.07) is 0. The Hall–Kier alpha value is -2.71. The number of hydrogen-bond donors (Lipinski definition) is 1. The van der Waals surface area contributed by atoms with E-state index in [1.165, 1.54) is 31.8 Å². The Morgan fingerprint density at radius 2 is 1.80 bits per heavy atom. The highest BCUT2D eigenvalue weighted by molar-refractivity contribution is 5.88. The molecule has 0 atom stereocenters. The number of aromatic nitrogens is 4. The van der Waals surface area contributed by atoms with Crippen molar-refractivity contribution in [2.45, 2.75) is 0 Å². The van der Waals surface area contributed by atoms with Gasteiger partial charge in [0, 0.05) is 0 Å². The molecule has 0 aliphatic carbocycles. The van der Waals surface area contributed by atoms with E-state index >= 15 is 0 Å². The molecule has 0 amide bonds. The van der Waals surface area contributed by atoms with Crippen LogP contribution in [-0.4, -0.2) is 59.2 Å². The zero-order valence-electron chi connectivity index (χ0n) is 11.0. The predicted octanol–water partition coefficient (Wildman–Crippen LogP) is -0.495. The fourth-order valence-corrected chi connectivity index (χ4v) is 1.64. The third-order valence-corrected chi connectivity index (χ3v) is 2.60. The number of rotatable bonds is 5. The molecule has 1 N–H and O–H groups in total. The average Bonchev–Trinajstić information content (AvgIpc) is 2.94. The minimum Gasteiger partial charge on any atom is -0.468 e. The van der Waals surface area contributed by atoms with E-state index in [0.29, 0.717) is 17.0 Å². The van der Waals surface area contributed by atoms with Crippen LogP contribution in [0.3, 0.4) is 0 Å². The van der Waals surface area contributed by atoms with E-state index in [-0.39, 0.29) is 13.1 Å². The van der Waals surface area contributed by atoms with Crippen molar-refractivity contribution in [2.75, 3.05) is 32.2 Å². The normalized spacial score (nSPS) is 10.3. The molecule has 0 aliphatic heterocycles. The quantitative estimate of drug-likeness (QED) is 0.730. The van der Waals surface area contributed by atoms with E-state index < -0.39 is 11.9 Å². The fraction of sp³-hybridized carbons (Fsp3) is 0.364. The van der Waals surface area contributed by atoms with Crippen LogP contribution in [0.4, 0.5) is 5.82 Å². The van der Waals surface area contributed by atoms with E-state index in [1.54, 1.807) is 0 Å². The standard InChI is InChI=1S/C11H13N5O4/c1-19-7(17)3-16(4-8(18)20-2)11-9-10(13-5-12-9)14-6-15-11/h5-6H,3-4H2,1-2H3,(H,12,13,14,15).